The molecule has 0 aliphatic carbocycles. The lowest BCUT2D eigenvalue weighted by atomic mass is 9.94. The predicted octanol–water partition coefficient (Wildman–Crippen LogP) is 4.01. The lowest BCUT2D eigenvalue weighted by Crippen LogP contribution is -2.13. The number of hydrogen-bond donors (Lipinski definition) is 1. The molecule has 0 saturated carbocycles. The van der Waals surface area contributed by atoms with Crippen LogP contribution in [-0.2, 0) is 12.8 Å². The van der Waals surface area contributed by atoms with Crippen molar-refractivity contribution in [3.63, 3.8) is 0 Å². The molecule has 0 aromatic heterocycles. The van der Waals surface area contributed by atoms with Gasteiger partial charge < -0.3 is 10.5 Å². The molecular weight excluding hydrogens is 265 g/mol. The molecule has 0 radical (unpaired) electrons. The second-order valence-electron chi connectivity index (χ2n) is 5.11. The van der Waals surface area contributed by atoms with Crippen molar-refractivity contribution in [1.82, 2.24) is 0 Å². The Balaban J connectivity index is 2.35. The number of aryl methyl sites for hydroxylation is 2. The standard InChI is InChI=1S/C18H22FNO/c1-4-12-6-7-14(10-13(12)5-2)18(20)15-8-9-17(21-3)16(19)11-15/h6-11,18H,4-5,20H2,1-3H3. The first-order chi connectivity index (χ1) is 10.1. The normalized spacial score (nSPS) is 12.2. The lowest BCUT2D eigenvalue weighted by molar-refractivity contribution is 0.386. The number of hydrogen-bond acceptors (Lipinski definition) is 2. The Bertz CT molecular complexity index is 625. The van der Waals surface area contributed by atoms with Crippen LogP contribution in [0.3, 0.4) is 0 Å². The highest BCUT2D eigenvalue weighted by atomic mass is 19.1. The molecule has 0 heterocycles. The van der Waals surface area contributed by atoms with Crippen LogP contribution in [0.4, 0.5) is 4.39 Å². The van der Waals surface area contributed by atoms with E-state index in [4.69, 9.17) is 10.5 Å². The van der Waals surface area contributed by atoms with Gasteiger partial charge in [-0.25, -0.2) is 4.39 Å². The van der Waals surface area contributed by atoms with E-state index in [9.17, 15) is 4.39 Å². The molecule has 0 fully saturated rings. The van der Waals surface area contributed by atoms with Crippen LogP contribution in [0.2, 0.25) is 0 Å². The number of halogens is 1. The summed E-state index contributed by atoms with van der Waals surface area (Å²) in [5.74, 6) is -0.145. The molecule has 0 bridgehead atoms. The summed E-state index contributed by atoms with van der Waals surface area (Å²) in [5, 5.41) is 0. The minimum absolute atomic E-state index is 0.238. The third-order valence-corrected chi connectivity index (χ3v) is 3.89. The summed E-state index contributed by atoms with van der Waals surface area (Å²) in [6, 6.07) is 10.8. The van der Waals surface area contributed by atoms with Gasteiger partial charge in [0.1, 0.15) is 0 Å². The first-order valence-electron chi connectivity index (χ1n) is 7.31. The van der Waals surface area contributed by atoms with E-state index in [1.165, 1.54) is 24.3 Å². The topological polar surface area (TPSA) is 35.2 Å². The molecule has 21 heavy (non-hydrogen) atoms. The van der Waals surface area contributed by atoms with Crippen molar-refractivity contribution in [3.8, 4) is 5.75 Å². The van der Waals surface area contributed by atoms with Crippen molar-refractivity contribution in [2.45, 2.75) is 32.7 Å². The third-order valence-electron chi connectivity index (χ3n) is 3.89. The first-order valence-corrected chi connectivity index (χ1v) is 7.31. The van der Waals surface area contributed by atoms with Crippen LogP contribution in [0, 0.1) is 5.82 Å². The monoisotopic (exact) mass is 287 g/mol. The summed E-state index contributed by atoms with van der Waals surface area (Å²) in [6.07, 6.45) is 1.98. The van der Waals surface area contributed by atoms with Gasteiger partial charge in [-0.2, -0.15) is 0 Å². The highest BCUT2D eigenvalue weighted by Crippen LogP contribution is 2.26. The molecule has 112 valence electrons. The Labute approximate surface area is 125 Å². The van der Waals surface area contributed by atoms with Crippen molar-refractivity contribution in [3.05, 3.63) is 64.5 Å². The van der Waals surface area contributed by atoms with Crippen LogP contribution in [0.25, 0.3) is 0 Å². The molecule has 3 heteroatoms. The molecule has 2 nitrogen and oxygen atoms in total. The second-order valence-corrected chi connectivity index (χ2v) is 5.11. The third kappa shape index (κ3) is 3.24. The van der Waals surface area contributed by atoms with E-state index in [1.807, 2.05) is 12.1 Å². The Morgan fingerprint density at radius 3 is 2.19 bits per heavy atom. The van der Waals surface area contributed by atoms with Gasteiger partial charge in [-0.05, 0) is 47.2 Å². The number of ether oxygens (including phenoxy) is 1. The van der Waals surface area contributed by atoms with E-state index < -0.39 is 0 Å². The minimum atomic E-state index is -0.383. The van der Waals surface area contributed by atoms with Gasteiger partial charge in [-0.15, -0.1) is 0 Å². The Hall–Kier alpha value is -1.87. The molecule has 0 aliphatic heterocycles. The second kappa shape index (κ2) is 6.72. The van der Waals surface area contributed by atoms with E-state index in [1.54, 1.807) is 6.07 Å². The highest BCUT2D eigenvalue weighted by Gasteiger charge is 2.13. The first kappa shape index (κ1) is 15.5. The number of nitrogens with two attached hydrogens (primary N) is 1. The Morgan fingerprint density at radius 2 is 1.62 bits per heavy atom. The van der Waals surface area contributed by atoms with Crippen molar-refractivity contribution >= 4 is 0 Å². The molecule has 0 aliphatic rings. The predicted molar refractivity (Wildman–Crippen MR) is 84.2 cm³/mol. The summed E-state index contributed by atoms with van der Waals surface area (Å²) in [7, 11) is 1.45. The molecule has 0 amide bonds. The molecule has 1 unspecified atom stereocenters. The van der Waals surface area contributed by atoms with Gasteiger partial charge >= 0.3 is 0 Å². The maximum Gasteiger partial charge on any atom is 0.165 e. The van der Waals surface area contributed by atoms with Gasteiger partial charge in [0.25, 0.3) is 0 Å². The molecular formula is C18H22FNO. The van der Waals surface area contributed by atoms with Crippen LogP contribution in [0.1, 0.15) is 42.1 Å². The van der Waals surface area contributed by atoms with Gasteiger partial charge in [-0.1, -0.05) is 38.1 Å². The van der Waals surface area contributed by atoms with E-state index in [0.29, 0.717) is 0 Å². The zero-order valence-corrected chi connectivity index (χ0v) is 12.8. The zero-order chi connectivity index (χ0) is 15.4. The van der Waals surface area contributed by atoms with Gasteiger partial charge in [0.15, 0.2) is 11.6 Å². The molecule has 1 atom stereocenters. The summed E-state index contributed by atoms with van der Waals surface area (Å²) in [5.41, 5.74) is 10.7. The van der Waals surface area contributed by atoms with E-state index >= 15 is 0 Å². The van der Waals surface area contributed by atoms with Crippen molar-refractivity contribution < 1.29 is 9.13 Å². The smallest absolute Gasteiger partial charge is 0.165 e. The van der Waals surface area contributed by atoms with E-state index in [0.717, 1.165) is 24.0 Å². The Kier molecular flexibility index (Phi) is 4.97. The average Bonchev–Trinajstić information content (AvgIpc) is 2.53. The summed E-state index contributed by atoms with van der Waals surface area (Å²) in [4.78, 5) is 0. The van der Waals surface area contributed by atoms with Gasteiger partial charge in [0.2, 0.25) is 0 Å². The highest BCUT2D eigenvalue weighted by molar-refractivity contribution is 5.40. The largest absolute Gasteiger partial charge is 0.494 e. The van der Waals surface area contributed by atoms with Crippen LogP contribution in [-0.4, -0.2) is 7.11 Å². The van der Waals surface area contributed by atoms with Crippen LogP contribution < -0.4 is 10.5 Å². The number of rotatable bonds is 5. The van der Waals surface area contributed by atoms with Crippen molar-refractivity contribution in [1.29, 1.82) is 0 Å². The van der Waals surface area contributed by atoms with E-state index in [-0.39, 0.29) is 17.6 Å². The fourth-order valence-corrected chi connectivity index (χ4v) is 2.58. The maximum atomic E-state index is 13.8. The molecule has 0 spiro atoms. The fraction of sp³-hybridized carbons (Fsp3) is 0.333. The molecule has 2 rings (SSSR count). The lowest BCUT2D eigenvalue weighted by Gasteiger charge is -2.16. The maximum absolute atomic E-state index is 13.8. The summed E-state index contributed by atoms with van der Waals surface area (Å²) < 4.78 is 18.7. The zero-order valence-electron chi connectivity index (χ0n) is 12.8. The molecule has 2 N–H and O–H groups in total. The summed E-state index contributed by atoms with van der Waals surface area (Å²) >= 11 is 0. The fourth-order valence-electron chi connectivity index (χ4n) is 2.58. The van der Waals surface area contributed by atoms with Crippen molar-refractivity contribution in [2.75, 3.05) is 7.11 Å². The Morgan fingerprint density at radius 1 is 1.00 bits per heavy atom. The van der Waals surface area contributed by atoms with Gasteiger partial charge in [0, 0.05) is 0 Å². The average molecular weight is 287 g/mol. The quantitative estimate of drug-likeness (QED) is 0.902. The summed E-state index contributed by atoms with van der Waals surface area (Å²) in [6.45, 7) is 4.28. The number of benzene rings is 2. The SMILES string of the molecule is CCc1ccc(C(N)c2ccc(OC)c(F)c2)cc1CC. The molecule has 2 aromatic carbocycles. The van der Waals surface area contributed by atoms with Crippen molar-refractivity contribution in [2.24, 2.45) is 5.73 Å². The number of methoxy groups -OCH3 is 1. The molecule has 0 saturated heterocycles. The molecule has 2 aromatic rings. The van der Waals surface area contributed by atoms with E-state index in [2.05, 4.69) is 26.0 Å². The minimum Gasteiger partial charge on any atom is -0.494 e. The van der Waals surface area contributed by atoms with Crippen LogP contribution in [0.5, 0.6) is 5.75 Å². The van der Waals surface area contributed by atoms with Gasteiger partial charge in [0.05, 0.1) is 13.2 Å². The van der Waals surface area contributed by atoms with Gasteiger partial charge in [-0.3, -0.25) is 0 Å². The van der Waals surface area contributed by atoms with Crippen LogP contribution >= 0.6 is 0 Å². The van der Waals surface area contributed by atoms with Crippen LogP contribution in [0.15, 0.2) is 36.4 Å².